The van der Waals surface area contributed by atoms with Crippen LogP contribution in [0.5, 0.6) is 0 Å². The molecule has 0 heterocycles. The molecule has 0 bridgehead atoms. The number of amides is 2. The van der Waals surface area contributed by atoms with E-state index in [4.69, 9.17) is 11.1 Å². The lowest BCUT2D eigenvalue weighted by Crippen LogP contribution is -2.39. The molecule has 1 rings (SSSR count). The van der Waals surface area contributed by atoms with Gasteiger partial charge in [-0.15, -0.1) is 0 Å². The van der Waals surface area contributed by atoms with Crippen LogP contribution in [0, 0.1) is 11.2 Å². The zero-order valence-electron chi connectivity index (χ0n) is 10.2. The number of benzene rings is 1. The van der Waals surface area contributed by atoms with Gasteiger partial charge >= 0.3 is 6.03 Å². The van der Waals surface area contributed by atoms with Crippen molar-refractivity contribution in [3.05, 3.63) is 30.1 Å². The maximum Gasteiger partial charge on any atom is 0.319 e. The SMILES string of the molecule is CCC(CC(=N)N)NC(=O)Nc1cccc(F)c1. The Bertz CT molecular complexity index is 436. The topological polar surface area (TPSA) is 91.0 Å². The number of hydrogen-bond acceptors (Lipinski definition) is 2. The molecule has 0 aliphatic heterocycles. The van der Waals surface area contributed by atoms with E-state index in [9.17, 15) is 9.18 Å². The van der Waals surface area contributed by atoms with Gasteiger partial charge in [-0.1, -0.05) is 13.0 Å². The van der Waals surface area contributed by atoms with Gasteiger partial charge in [0, 0.05) is 18.2 Å². The Morgan fingerprint density at radius 2 is 2.28 bits per heavy atom. The van der Waals surface area contributed by atoms with E-state index >= 15 is 0 Å². The smallest absolute Gasteiger partial charge is 0.319 e. The monoisotopic (exact) mass is 252 g/mol. The van der Waals surface area contributed by atoms with Gasteiger partial charge in [0.05, 0.1) is 5.84 Å². The minimum absolute atomic E-state index is 0.0212. The molecule has 5 N–H and O–H groups in total. The number of carbonyl (C=O) groups excluding carboxylic acids is 1. The van der Waals surface area contributed by atoms with E-state index in [2.05, 4.69) is 10.6 Å². The molecule has 98 valence electrons. The van der Waals surface area contributed by atoms with E-state index in [0.717, 1.165) is 0 Å². The standard InChI is InChI=1S/C12H17FN4O/c1-2-9(7-11(14)15)16-12(18)17-10-5-3-4-8(13)6-10/h3-6,9H,2,7H2,1H3,(H3,14,15)(H2,16,17,18). The van der Waals surface area contributed by atoms with Crippen LogP contribution in [0.2, 0.25) is 0 Å². The van der Waals surface area contributed by atoms with Crippen LogP contribution in [0.4, 0.5) is 14.9 Å². The van der Waals surface area contributed by atoms with E-state index in [-0.39, 0.29) is 11.9 Å². The predicted molar refractivity (Wildman–Crippen MR) is 69.2 cm³/mol. The normalized spacial score (nSPS) is 11.7. The first kappa shape index (κ1) is 14.0. The van der Waals surface area contributed by atoms with Crippen LogP contribution in [0.15, 0.2) is 24.3 Å². The molecule has 1 atom stereocenters. The summed E-state index contributed by atoms with van der Waals surface area (Å²) < 4.78 is 12.9. The lowest BCUT2D eigenvalue weighted by molar-refractivity contribution is 0.248. The maximum absolute atomic E-state index is 12.9. The van der Waals surface area contributed by atoms with Gasteiger partial charge in [0.1, 0.15) is 5.82 Å². The van der Waals surface area contributed by atoms with E-state index < -0.39 is 11.8 Å². The number of carbonyl (C=O) groups is 1. The summed E-state index contributed by atoms with van der Waals surface area (Å²) in [7, 11) is 0. The average Bonchev–Trinajstić information content (AvgIpc) is 2.27. The summed E-state index contributed by atoms with van der Waals surface area (Å²) in [6, 6.07) is 5.00. The van der Waals surface area contributed by atoms with Gasteiger partial charge in [0.2, 0.25) is 0 Å². The third-order valence-electron chi connectivity index (χ3n) is 2.38. The average molecular weight is 252 g/mol. The fraction of sp³-hybridized carbons (Fsp3) is 0.333. The number of urea groups is 1. The van der Waals surface area contributed by atoms with Gasteiger partial charge in [0.25, 0.3) is 0 Å². The first-order valence-electron chi connectivity index (χ1n) is 5.67. The Kier molecular flexibility index (Phi) is 5.10. The van der Waals surface area contributed by atoms with Crippen molar-refractivity contribution in [2.24, 2.45) is 5.73 Å². The minimum Gasteiger partial charge on any atom is -0.388 e. The fourth-order valence-corrected chi connectivity index (χ4v) is 1.48. The number of halogens is 1. The Hall–Kier alpha value is -2.11. The summed E-state index contributed by atoms with van der Waals surface area (Å²) in [6.45, 7) is 1.88. The van der Waals surface area contributed by atoms with Crippen molar-refractivity contribution in [1.29, 1.82) is 5.41 Å². The number of anilines is 1. The lowest BCUT2D eigenvalue weighted by atomic mass is 10.1. The summed E-state index contributed by atoms with van der Waals surface area (Å²) in [5.74, 6) is -0.392. The molecule has 1 aromatic rings. The molecule has 0 aromatic heterocycles. The molecule has 0 fully saturated rings. The van der Waals surface area contributed by atoms with E-state index in [0.29, 0.717) is 18.5 Å². The molecule has 18 heavy (non-hydrogen) atoms. The highest BCUT2D eigenvalue weighted by Gasteiger charge is 2.11. The van der Waals surface area contributed by atoms with Gasteiger partial charge in [-0.2, -0.15) is 0 Å². The molecule has 1 unspecified atom stereocenters. The first-order valence-corrected chi connectivity index (χ1v) is 5.67. The summed E-state index contributed by atoms with van der Waals surface area (Å²) >= 11 is 0. The molecule has 5 nitrogen and oxygen atoms in total. The van der Waals surface area contributed by atoms with Crippen LogP contribution < -0.4 is 16.4 Å². The van der Waals surface area contributed by atoms with Crippen LogP contribution in [0.25, 0.3) is 0 Å². The van der Waals surface area contributed by atoms with Crippen molar-refractivity contribution < 1.29 is 9.18 Å². The highest BCUT2D eigenvalue weighted by atomic mass is 19.1. The van der Waals surface area contributed by atoms with Crippen LogP contribution >= 0.6 is 0 Å². The molecule has 0 aliphatic carbocycles. The quantitative estimate of drug-likeness (QED) is 0.477. The third kappa shape index (κ3) is 4.82. The second-order valence-corrected chi connectivity index (χ2v) is 3.94. The van der Waals surface area contributed by atoms with Gasteiger partial charge in [-0.3, -0.25) is 5.41 Å². The molecule has 6 heteroatoms. The van der Waals surface area contributed by atoms with Crippen molar-refractivity contribution in [2.45, 2.75) is 25.8 Å². The molecule has 0 aliphatic rings. The largest absolute Gasteiger partial charge is 0.388 e. The number of amidine groups is 1. The second kappa shape index (κ2) is 6.58. The van der Waals surface area contributed by atoms with E-state index in [1.807, 2.05) is 6.92 Å². The summed E-state index contributed by atoms with van der Waals surface area (Å²) in [6.07, 6.45) is 0.962. The second-order valence-electron chi connectivity index (χ2n) is 3.94. The number of rotatable bonds is 5. The van der Waals surface area contributed by atoms with Crippen molar-refractivity contribution in [2.75, 3.05) is 5.32 Å². The molecule has 0 radical (unpaired) electrons. The van der Waals surface area contributed by atoms with Gasteiger partial charge < -0.3 is 16.4 Å². The Balaban J connectivity index is 2.52. The molecule has 1 aromatic carbocycles. The molecular weight excluding hydrogens is 235 g/mol. The van der Waals surface area contributed by atoms with Crippen molar-refractivity contribution in [1.82, 2.24) is 5.32 Å². The van der Waals surface area contributed by atoms with E-state index in [1.54, 1.807) is 6.07 Å². The summed E-state index contributed by atoms with van der Waals surface area (Å²) in [4.78, 5) is 11.6. The summed E-state index contributed by atoms with van der Waals surface area (Å²) in [5.41, 5.74) is 5.66. The molecule has 0 spiro atoms. The fourth-order valence-electron chi connectivity index (χ4n) is 1.48. The third-order valence-corrected chi connectivity index (χ3v) is 2.38. The van der Waals surface area contributed by atoms with Gasteiger partial charge in [0.15, 0.2) is 0 Å². The predicted octanol–water partition coefficient (Wildman–Crippen LogP) is 2.05. The van der Waals surface area contributed by atoms with Crippen LogP contribution in [0.3, 0.4) is 0 Å². The minimum atomic E-state index is -0.436. The van der Waals surface area contributed by atoms with Crippen molar-refractivity contribution >= 4 is 17.6 Å². The Morgan fingerprint density at radius 3 is 2.83 bits per heavy atom. The number of nitrogens with two attached hydrogens (primary N) is 1. The molecule has 0 saturated heterocycles. The van der Waals surface area contributed by atoms with Crippen molar-refractivity contribution in [3.63, 3.8) is 0 Å². The molecular formula is C12H17FN4O. The maximum atomic E-state index is 12.9. The van der Waals surface area contributed by atoms with Crippen LogP contribution in [-0.2, 0) is 0 Å². The van der Waals surface area contributed by atoms with Gasteiger partial charge in [-0.05, 0) is 24.6 Å². The van der Waals surface area contributed by atoms with Gasteiger partial charge in [-0.25, -0.2) is 9.18 Å². The highest BCUT2D eigenvalue weighted by Crippen LogP contribution is 2.09. The zero-order chi connectivity index (χ0) is 13.5. The highest BCUT2D eigenvalue weighted by molar-refractivity contribution is 5.89. The molecule has 0 saturated carbocycles. The zero-order valence-corrected chi connectivity index (χ0v) is 10.2. The van der Waals surface area contributed by atoms with Crippen molar-refractivity contribution in [3.8, 4) is 0 Å². The summed E-state index contributed by atoms with van der Waals surface area (Å²) in [5, 5.41) is 12.4. The molecule has 2 amide bonds. The van der Waals surface area contributed by atoms with E-state index in [1.165, 1.54) is 18.2 Å². The van der Waals surface area contributed by atoms with Crippen LogP contribution in [0.1, 0.15) is 19.8 Å². The van der Waals surface area contributed by atoms with Crippen LogP contribution in [-0.4, -0.2) is 17.9 Å². The Morgan fingerprint density at radius 1 is 1.56 bits per heavy atom. The number of hydrogen-bond donors (Lipinski definition) is 4. The lowest BCUT2D eigenvalue weighted by Gasteiger charge is -2.16. The Labute approximate surface area is 105 Å². The number of nitrogens with one attached hydrogen (secondary N) is 3. The first-order chi connectivity index (χ1) is 8.51.